The summed E-state index contributed by atoms with van der Waals surface area (Å²) in [5.74, 6) is 0. The number of anilines is 1. The summed E-state index contributed by atoms with van der Waals surface area (Å²) < 4.78 is 83.4. The fraction of sp³-hybridized carbons (Fsp3) is 0.400. The van der Waals surface area contributed by atoms with Crippen molar-refractivity contribution >= 4 is 25.5 Å². The van der Waals surface area contributed by atoms with Crippen LogP contribution in [0.2, 0.25) is 0 Å². The Morgan fingerprint density at radius 1 is 1.14 bits per heavy atom. The van der Waals surface area contributed by atoms with Crippen LogP contribution in [-0.2, 0) is 19.9 Å². The van der Waals surface area contributed by atoms with E-state index in [-0.39, 0.29) is 11.7 Å². The van der Waals surface area contributed by atoms with Gasteiger partial charge in [-0.3, -0.25) is 0 Å². The molecule has 0 aromatic heterocycles. The first-order chi connectivity index (χ1) is 9.26. The maximum absolute atomic E-state index is 12.7. The van der Waals surface area contributed by atoms with E-state index in [1.807, 2.05) is 0 Å². The summed E-state index contributed by atoms with van der Waals surface area (Å²) in [5, 5.41) is 7.32. The van der Waals surface area contributed by atoms with E-state index in [0.29, 0.717) is 6.07 Å². The molecule has 0 unspecified atom stereocenters. The number of hydrogen-bond donors (Lipinski definition) is 2. The van der Waals surface area contributed by atoms with E-state index >= 15 is 0 Å². The van der Waals surface area contributed by atoms with Gasteiger partial charge in [-0.1, -0.05) is 0 Å². The Balaban J connectivity index is 3.66. The Morgan fingerprint density at radius 2 is 1.67 bits per heavy atom. The Morgan fingerprint density at radius 3 is 2.05 bits per heavy atom. The van der Waals surface area contributed by atoms with Crippen LogP contribution in [0.5, 0.6) is 0 Å². The van der Waals surface area contributed by atoms with Gasteiger partial charge in [-0.2, -0.15) is 13.2 Å². The van der Waals surface area contributed by atoms with Crippen LogP contribution in [0.4, 0.5) is 18.9 Å². The SMILES string of the molecule is CC(C)Nc1ccc(S(N)(=O)=O)cc1S(=O)(=O)C(F)(F)F. The molecule has 0 aliphatic carbocycles. The number of hydrogen-bond acceptors (Lipinski definition) is 5. The van der Waals surface area contributed by atoms with Gasteiger partial charge in [0.25, 0.3) is 9.84 Å². The van der Waals surface area contributed by atoms with Crippen molar-refractivity contribution in [2.45, 2.75) is 35.2 Å². The molecule has 0 amide bonds. The van der Waals surface area contributed by atoms with E-state index in [4.69, 9.17) is 5.14 Å². The van der Waals surface area contributed by atoms with Crippen LogP contribution in [-0.4, -0.2) is 28.4 Å². The lowest BCUT2D eigenvalue weighted by Gasteiger charge is -2.17. The van der Waals surface area contributed by atoms with Gasteiger partial charge in [0.1, 0.15) is 4.90 Å². The summed E-state index contributed by atoms with van der Waals surface area (Å²) in [7, 11) is -10.1. The summed E-state index contributed by atoms with van der Waals surface area (Å²) in [6, 6.07) is 1.88. The molecule has 0 fully saturated rings. The molecule has 0 saturated heterocycles. The minimum atomic E-state index is -5.72. The third kappa shape index (κ3) is 3.86. The third-order valence-electron chi connectivity index (χ3n) is 2.32. The predicted octanol–water partition coefficient (Wildman–Crippen LogP) is 1.45. The van der Waals surface area contributed by atoms with Gasteiger partial charge in [0.2, 0.25) is 10.0 Å². The topological polar surface area (TPSA) is 106 Å². The second-order valence-electron chi connectivity index (χ2n) is 4.45. The van der Waals surface area contributed by atoms with Crippen LogP contribution in [0.3, 0.4) is 0 Å². The monoisotopic (exact) mass is 346 g/mol. The second kappa shape index (κ2) is 5.46. The van der Waals surface area contributed by atoms with Gasteiger partial charge in [-0.05, 0) is 32.0 Å². The fourth-order valence-electron chi connectivity index (χ4n) is 1.46. The van der Waals surface area contributed by atoms with Crippen molar-refractivity contribution in [3.8, 4) is 0 Å². The summed E-state index contributed by atoms with van der Waals surface area (Å²) in [6.07, 6.45) is 0. The van der Waals surface area contributed by atoms with Crippen molar-refractivity contribution in [2.75, 3.05) is 5.32 Å². The molecular formula is C10H13F3N2O4S2. The van der Waals surface area contributed by atoms with E-state index in [2.05, 4.69) is 5.32 Å². The van der Waals surface area contributed by atoms with Crippen molar-refractivity contribution in [1.29, 1.82) is 0 Å². The molecule has 0 saturated carbocycles. The van der Waals surface area contributed by atoms with Crippen molar-refractivity contribution in [1.82, 2.24) is 0 Å². The minimum Gasteiger partial charge on any atom is -0.382 e. The molecule has 0 atom stereocenters. The van der Waals surface area contributed by atoms with Gasteiger partial charge in [-0.15, -0.1) is 0 Å². The van der Waals surface area contributed by atoms with E-state index in [1.54, 1.807) is 13.8 Å². The molecular weight excluding hydrogens is 333 g/mol. The maximum Gasteiger partial charge on any atom is 0.501 e. The van der Waals surface area contributed by atoms with Crippen LogP contribution < -0.4 is 10.5 Å². The van der Waals surface area contributed by atoms with Crippen molar-refractivity contribution in [2.24, 2.45) is 5.14 Å². The standard InChI is InChI=1S/C10H13F3N2O4S2/c1-6(2)15-8-4-3-7(21(14,18)19)5-9(8)20(16,17)10(11,12)13/h3-6,15H,1-2H3,(H2,14,18,19). The third-order valence-corrected chi connectivity index (χ3v) is 4.76. The highest BCUT2D eigenvalue weighted by Gasteiger charge is 2.48. The lowest BCUT2D eigenvalue weighted by atomic mass is 10.3. The van der Waals surface area contributed by atoms with Gasteiger partial charge in [-0.25, -0.2) is 22.0 Å². The molecule has 0 heterocycles. The average Bonchev–Trinajstić information content (AvgIpc) is 2.25. The van der Waals surface area contributed by atoms with Crippen LogP contribution in [0.25, 0.3) is 0 Å². The van der Waals surface area contributed by atoms with Crippen molar-refractivity contribution in [3.05, 3.63) is 18.2 Å². The number of primary sulfonamides is 1. The largest absolute Gasteiger partial charge is 0.501 e. The molecule has 0 spiro atoms. The van der Waals surface area contributed by atoms with Gasteiger partial charge in [0.05, 0.1) is 10.6 Å². The zero-order chi connectivity index (χ0) is 16.6. The van der Waals surface area contributed by atoms with Gasteiger partial charge >= 0.3 is 5.51 Å². The molecule has 0 radical (unpaired) electrons. The zero-order valence-corrected chi connectivity index (χ0v) is 12.6. The molecule has 3 N–H and O–H groups in total. The number of halogens is 3. The number of nitrogens with two attached hydrogens (primary N) is 1. The summed E-state index contributed by atoms with van der Waals surface area (Å²) in [5.41, 5.74) is -5.91. The van der Waals surface area contributed by atoms with Gasteiger partial charge in [0.15, 0.2) is 0 Å². The smallest absolute Gasteiger partial charge is 0.382 e. The molecule has 0 aliphatic rings. The minimum absolute atomic E-state index is 0.352. The Hall–Kier alpha value is -1.33. The number of alkyl halides is 3. The normalized spacial score (nSPS) is 13.5. The van der Waals surface area contributed by atoms with E-state index in [9.17, 15) is 30.0 Å². The lowest BCUT2D eigenvalue weighted by molar-refractivity contribution is -0.0435. The number of sulfonamides is 1. The number of sulfone groups is 1. The molecule has 1 aromatic rings. The highest BCUT2D eigenvalue weighted by atomic mass is 32.2. The van der Waals surface area contributed by atoms with Crippen LogP contribution in [0.1, 0.15) is 13.8 Å². The van der Waals surface area contributed by atoms with Crippen LogP contribution in [0, 0.1) is 0 Å². The molecule has 6 nitrogen and oxygen atoms in total. The molecule has 0 aliphatic heterocycles. The quantitative estimate of drug-likeness (QED) is 0.858. The summed E-state index contributed by atoms with van der Waals surface area (Å²) in [4.78, 5) is -1.91. The maximum atomic E-state index is 12.7. The summed E-state index contributed by atoms with van der Waals surface area (Å²) in [6.45, 7) is 3.16. The molecule has 1 aromatic carbocycles. The predicted molar refractivity (Wildman–Crippen MR) is 69.8 cm³/mol. The Labute approximate surface area is 120 Å². The van der Waals surface area contributed by atoms with Gasteiger partial charge < -0.3 is 5.32 Å². The van der Waals surface area contributed by atoms with Crippen LogP contribution >= 0.6 is 0 Å². The number of benzene rings is 1. The second-order valence-corrected chi connectivity index (χ2v) is 7.92. The first-order valence-corrected chi connectivity index (χ1v) is 8.54. The van der Waals surface area contributed by atoms with Gasteiger partial charge in [0, 0.05) is 6.04 Å². The van der Waals surface area contributed by atoms with Crippen molar-refractivity contribution in [3.63, 3.8) is 0 Å². The first-order valence-electron chi connectivity index (χ1n) is 5.51. The fourth-order valence-corrected chi connectivity index (χ4v) is 3.02. The molecule has 120 valence electrons. The molecule has 21 heavy (non-hydrogen) atoms. The highest BCUT2D eigenvalue weighted by Crippen LogP contribution is 2.35. The van der Waals surface area contributed by atoms with Crippen LogP contribution in [0.15, 0.2) is 28.0 Å². The molecule has 0 bridgehead atoms. The highest BCUT2D eigenvalue weighted by molar-refractivity contribution is 7.92. The number of nitrogens with one attached hydrogen (secondary N) is 1. The van der Waals surface area contributed by atoms with E-state index in [1.165, 1.54) is 0 Å². The summed E-state index contributed by atoms with van der Waals surface area (Å²) >= 11 is 0. The Bertz CT molecular complexity index is 740. The lowest BCUT2D eigenvalue weighted by Crippen LogP contribution is -2.26. The number of rotatable bonds is 4. The molecule has 11 heteroatoms. The van der Waals surface area contributed by atoms with Crippen molar-refractivity contribution < 1.29 is 30.0 Å². The molecule has 1 rings (SSSR count). The zero-order valence-electron chi connectivity index (χ0n) is 11.0. The Kier molecular flexibility index (Phi) is 4.61. The first kappa shape index (κ1) is 17.7. The average molecular weight is 346 g/mol. The van der Waals surface area contributed by atoms with E-state index < -0.39 is 35.2 Å². The van der Waals surface area contributed by atoms with E-state index in [0.717, 1.165) is 12.1 Å².